The van der Waals surface area contributed by atoms with Crippen molar-refractivity contribution in [2.45, 2.75) is 45.7 Å². The number of fused-ring (bicyclic) bond motifs is 1. The van der Waals surface area contributed by atoms with Crippen molar-refractivity contribution in [3.05, 3.63) is 12.1 Å². The second kappa shape index (κ2) is 8.61. The molecule has 2 N–H and O–H groups in total. The van der Waals surface area contributed by atoms with Gasteiger partial charge in [0.05, 0.1) is 19.7 Å². The highest BCUT2D eigenvalue weighted by atomic mass is 16.5. The zero-order valence-electron chi connectivity index (χ0n) is 17.0. The molecule has 27 heavy (non-hydrogen) atoms. The van der Waals surface area contributed by atoms with E-state index in [4.69, 9.17) is 14.5 Å². The van der Waals surface area contributed by atoms with Gasteiger partial charge in [-0.15, -0.1) is 0 Å². The molecule has 1 saturated heterocycles. The minimum Gasteiger partial charge on any atom is -0.493 e. The number of methoxy groups -OCH3 is 2. The number of hydrogen-bond donors (Lipinski definition) is 2. The van der Waals surface area contributed by atoms with Crippen molar-refractivity contribution < 1.29 is 9.47 Å². The first-order valence-electron chi connectivity index (χ1n) is 9.74. The Morgan fingerprint density at radius 2 is 1.78 bits per heavy atom. The first-order valence-corrected chi connectivity index (χ1v) is 9.74. The number of anilines is 2. The molecular weight excluding hydrogens is 342 g/mol. The van der Waals surface area contributed by atoms with Gasteiger partial charge in [0.2, 0.25) is 5.95 Å². The number of piperidine rings is 1. The van der Waals surface area contributed by atoms with Gasteiger partial charge in [-0.05, 0) is 39.7 Å². The number of nitrogens with one attached hydrogen (secondary N) is 2. The van der Waals surface area contributed by atoms with Crippen molar-refractivity contribution in [2.75, 3.05) is 44.5 Å². The number of ether oxygens (including phenoxy) is 2. The molecule has 7 heteroatoms. The van der Waals surface area contributed by atoms with Crippen molar-refractivity contribution in [1.82, 2.24) is 14.9 Å². The van der Waals surface area contributed by atoms with Crippen LogP contribution in [0.4, 0.5) is 11.8 Å². The molecule has 0 unspecified atom stereocenters. The molecule has 1 fully saturated rings. The molecule has 2 heterocycles. The van der Waals surface area contributed by atoms with Crippen molar-refractivity contribution in [3.8, 4) is 11.5 Å². The lowest BCUT2D eigenvalue weighted by Crippen LogP contribution is -2.42. The van der Waals surface area contributed by atoms with E-state index in [2.05, 4.69) is 34.4 Å². The predicted octanol–water partition coefficient (Wildman–Crippen LogP) is 3.36. The van der Waals surface area contributed by atoms with Crippen molar-refractivity contribution in [1.29, 1.82) is 0 Å². The average Bonchev–Trinajstić information content (AvgIpc) is 2.67. The summed E-state index contributed by atoms with van der Waals surface area (Å²) in [6.07, 6.45) is 2.21. The topological polar surface area (TPSA) is 71.5 Å². The maximum atomic E-state index is 5.48. The summed E-state index contributed by atoms with van der Waals surface area (Å²) in [5, 5.41) is 7.82. The van der Waals surface area contributed by atoms with E-state index in [0.29, 0.717) is 29.5 Å². The number of benzene rings is 1. The summed E-state index contributed by atoms with van der Waals surface area (Å²) in [7, 11) is 3.28. The van der Waals surface area contributed by atoms with Gasteiger partial charge in [-0.1, -0.05) is 0 Å². The zero-order valence-corrected chi connectivity index (χ0v) is 17.0. The second-order valence-electron chi connectivity index (χ2n) is 7.20. The van der Waals surface area contributed by atoms with Crippen LogP contribution in [0.3, 0.4) is 0 Å². The van der Waals surface area contributed by atoms with Crippen molar-refractivity contribution >= 4 is 22.7 Å². The number of likely N-dealkylation sites (tertiary alicyclic amines) is 1. The molecule has 0 saturated carbocycles. The highest BCUT2D eigenvalue weighted by Gasteiger charge is 2.22. The van der Waals surface area contributed by atoms with E-state index in [9.17, 15) is 0 Å². The molecule has 7 nitrogen and oxygen atoms in total. The summed E-state index contributed by atoms with van der Waals surface area (Å²) in [4.78, 5) is 11.9. The fourth-order valence-corrected chi connectivity index (χ4v) is 3.56. The molecule has 2 aromatic rings. The van der Waals surface area contributed by atoms with Crippen LogP contribution in [-0.2, 0) is 0 Å². The summed E-state index contributed by atoms with van der Waals surface area (Å²) in [6.45, 7) is 9.54. The van der Waals surface area contributed by atoms with Crippen LogP contribution in [0.2, 0.25) is 0 Å². The van der Waals surface area contributed by atoms with Crippen LogP contribution >= 0.6 is 0 Å². The summed E-state index contributed by atoms with van der Waals surface area (Å²) in [6, 6.07) is 4.86. The molecule has 0 amide bonds. The molecular formula is C20H31N5O2. The van der Waals surface area contributed by atoms with Crippen LogP contribution in [0.15, 0.2) is 12.1 Å². The lowest BCUT2D eigenvalue weighted by atomic mass is 10.0. The summed E-state index contributed by atoms with van der Waals surface area (Å²) >= 11 is 0. The Hall–Kier alpha value is -2.28. The Bertz CT molecular complexity index is 773. The van der Waals surface area contributed by atoms with Crippen LogP contribution in [0.1, 0.15) is 33.6 Å². The van der Waals surface area contributed by atoms with Crippen molar-refractivity contribution in [3.63, 3.8) is 0 Å². The molecule has 0 atom stereocenters. The normalized spacial score (nSPS) is 15.9. The molecule has 0 radical (unpaired) electrons. The molecule has 1 aromatic carbocycles. The van der Waals surface area contributed by atoms with Crippen LogP contribution in [0, 0.1) is 0 Å². The standard InChI is InChI=1S/C20H31N5O2/c1-6-21-20-23-16-12-18(27-5)17(26-4)11-15(16)19(24-20)22-14-7-9-25(10-8-14)13(2)3/h11-14H,6-10H2,1-5H3,(H2,21,22,23,24). The molecule has 0 spiro atoms. The van der Waals surface area contributed by atoms with Gasteiger partial charge in [-0.3, -0.25) is 0 Å². The number of hydrogen-bond acceptors (Lipinski definition) is 7. The summed E-state index contributed by atoms with van der Waals surface area (Å²) in [5.74, 6) is 2.82. The summed E-state index contributed by atoms with van der Waals surface area (Å²) in [5.41, 5.74) is 0.834. The van der Waals surface area contributed by atoms with E-state index < -0.39 is 0 Å². The van der Waals surface area contributed by atoms with Gasteiger partial charge in [-0.2, -0.15) is 4.98 Å². The minimum absolute atomic E-state index is 0.403. The van der Waals surface area contributed by atoms with E-state index in [0.717, 1.165) is 49.2 Å². The first-order chi connectivity index (χ1) is 13.0. The largest absolute Gasteiger partial charge is 0.493 e. The fraction of sp³-hybridized carbons (Fsp3) is 0.600. The van der Waals surface area contributed by atoms with Crippen molar-refractivity contribution in [2.24, 2.45) is 0 Å². The van der Waals surface area contributed by atoms with E-state index in [1.165, 1.54) is 0 Å². The number of aromatic nitrogens is 2. The third kappa shape index (κ3) is 4.35. The maximum Gasteiger partial charge on any atom is 0.225 e. The monoisotopic (exact) mass is 373 g/mol. The molecule has 0 bridgehead atoms. The van der Waals surface area contributed by atoms with E-state index in [-0.39, 0.29) is 0 Å². The second-order valence-corrected chi connectivity index (χ2v) is 7.20. The van der Waals surface area contributed by atoms with Gasteiger partial charge in [0.1, 0.15) is 5.82 Å². The van der Waals surface area contributed by atoms with Gasteiger partial charge in [0.15, 0.2) is 11.5 Å². The Balaban J connectivity index is 1.92. The smallest absolute Gasteiger partial charge is 0.225 e. The van der Waals surface area contributed by atoms with E-state index >= 15 is 0 Å². The zero-order chi connectivity index (χ0) is 19.4. The first kappa shape index (κ1) is 19.5. The van der Waals surface area contributed by atoms with Gasteiger partial charge in [-0.25, -0.2) is 4.98 Å². The van der Waals surface area contributed by atoms with Gasteiger partial charge in [0, 0.05) is 43.2 Å². The molecule has 1 aromatic heterocycles. The number of rotatable bonds is 7. The molecule has 0 aliphatic carbocycles. The molecule has 148 valence electrons. The lowest BCUT2D eigenvalue weighted by Gasteiger charge is -2.35. The predicted molar refractivity (Wildman–Crippen MR) is 110 cm³/mol. The Labute approximate surface area is 161 Å². The maximum absolute atomic E-state index is 5.48. The quantitative estimate of drug-likeness (QED) is 0.771. The average molecular weight is 374 g/mol. The van der Waals surface area contributed by atoms with Gasteiger partial charge in [0.25, 0.3) is 0 Å². The van der Waals surface area contributed by atoms with Crippen LogP contribution in [0.25, 0.3) is 10.9 Å². The lowest BCUT2D eigenvalue weighted by molar-refractivity contribution is 0.177. The highest BCUT2D eigenvalue weighted by Crippen LogP contribution is 2.35. The third-order valence-corrected chi connectivity index (χ3v) is 5.14. The van der Waals surface area contributed by atoms with E-state index in [1.807, 2.05) is 19.1 Å². The van der Waals surface area contributed by atoms with Gasteiger partial charge < -0.3 is 25.0 Å². The Kier molecular flexibility index (Phi) is 6.21. The highest BCUT2D eigenvalue weighted by molar-refractivity contribution is 5.92. The van der Waals surface area contributed by atoms with E-state index in [1.54, 1.807) is 14.2 Å². The number of nitrogens with zero attached hydrogens (tertiary/aromatic N) is 3. The molecule has 1 aliphatic rings. The van der Waals surface area contributed by atoms with Crippen LogP contribution in [0.5, 0.6) is 11.5 Å². The van der Waals surface area contributed by atoms with Crippen LogP contribution in [-0.4, -0.2) is 60.8 Å². The Morgan fingerprint density at radius 1 is 1.11 bits per heavy atom. The fourth-order valence-electron chi connectivity index (χ4n) is 3.56. The SMILES string of the molecule is CCNc1nc(NC2CCN(C(C)C)CC2)c2cc(OC)c(OC)cc2n1. The minimum atomic E-state index is 0.403. The third-order valence-electron chi connectivity index (χ3n) is 5.14. The Morgan fingerprint density at radius 3 is 2.37 bits per heavy atom. The summed E-state index contributed by atoms with van der Waals surface area (Å²) < 4.78 is 10.9. The molecule has 1 aliphatic heterocycles. The van der Waals surface area contributed by atoms with Gasteiger partial charge >= 0.3 is 0 Å². The van der Waals surface area contributed by atoms with Crippen LogP contribution < -0.4 is 20.1 Å². The molecule has 3 rings (SSSR count).